The Morgan fingerprint density at radius 3 is 2.83 bits per heavy atom. The summed E-state index contributed by atoms with van der Waals surface area (Å²) in [6.07, 6.45) is -0.345. The van der Waals surface area contributed by atoms with Gasteiger partial charge in [-0.25, -0.2) is 0 Å². The van der Waals surface area contributed by atoms with E-state index in [1.165, 1.54) is 4.90 Å². The maximum atomic E-state index is 12.2. The topological polar surface area (TPSA) is 78.7 Å². The van der Waals surface area contributed by atoms with Crippen LogP contribution in [0.5, 0.6) is 0 Å². The Morgan fingerprint density at radius 1 is 1.42 bits per heavy atom. The van der Waals surface area contributed by atoms with Crippen molar-refractivity contribution in [3.63, 3.8) is 0 Å². The summed E-state index contributed by atoms with van der Waals surface area (Å²) in [5, 5.41) is 14.6. The van der Waals surface area contributed by atoms with Crippen molar-refractivity contribution in [2.45, 2.75) is 39.0 Å². The van der Waals surface area contributed by atoms with Crippen molar-refractivity contribution in [3.05, 3.63) is 17.5 Å². The van der Waals surface area contributed by atoms with Gasteiger partial charge in [0.2, 0.25) is 11.8 Å². The average Bonchev–Trinajstić information content (AvgIpc) is 2.98. The first-order chi connectivity index (χ1) is 11.4. The fourth-order valence-corrected chi connectivity index (χ4v) is 3.19. The number of hydrogen-bond donors (Lipinski definition) is 1. The second kappa shape index (κ2) is 8.53. The van der Waals surface area contributed by atoms with Gasteiger partial charge in [0.1, 0.15) is 6.10 Å². The van der Waals surface area contributed by atoms with Gasteiger partial charge in [0.25, 0.3) is 0 Å². The Labute approximate surface area is 147 Å². The number of thioether (sulfide) groups is 1. The molecular formula is C16H26N4O3S. The summed E-state index contributed by atoms with van der Waals surface area (Å²) < 4.78 is 1.82. The van der Waals surface area contributed by atoms with E-state index in [0.29, 0.717) is 31.7 Å². The molecule has 1 aliphatic heterocycles. The molecule has 0 aromatic carbocycles. The summed E-state index contributed by atoms with van der Waals surface area (Å²) >= 11 is 1.77. The van der Waals surface area contributed by atoms with E-state index in [-0.39, 0.29) is 18.2 Å². The van der Waals surface area contributed by atoms with Crippen LogP contribution in [0, 0.1) is 0 Å². The monoisotopic (exact) mass is 354 g/mol. The van der Waals surface area contributed by atoms with Gasteiger partial charge in [-0.3, -0.25) is 14.3 Å². The first-order valence-corrected chi connectivity index (χ1v) is 9.38. The van der Waals surface area contributed by atoms with Gasteiger partial charge >= 0.3 is 0 Å². The molecule has 8 heteroatoms. The number of rotatable bonds is 7. The van der Waals surface area contributed by atoms with Crippen LogP contribution in [0.4, 0.5) is 0 Å². The summed E-state index contributed by atoms with van der Waals surface area (Å²) in [5.74, 6) is 1.89. The quantitative estimate of drug-likeness (QED) is 0.736. The predicted octanol–water partition coefficient (Wildman–Crippen LogP) is 0.880. The highest BCUT2D eigenvalue weighted by Crippen LogP contribution is 2.21. The molecular weight excluding hydrogens is 328 g/mol. The van der Waals surface area contributed by atoms with Crippen LogP contribution in [0.3, 0.4) is 0 Å². The number of aliphatic hydroxyl groups is 1. The fraction of sp³-hybridized carbons (Fsp3) is 0.688. The third kappa shape index (κ3) is 4.73. The zero-order chi connectivity index (χ0) is 17.7. The first-order valence-electron chi connectivity index (χ1n) is 8.22. The number of carbonyl (C=O) groups excluding carboxylic acids is 2. The highest BCUT2D eigenvalue weighted by atomic mass is 32.2. The number of aliphatic hydroxyl groups excluding tert-OH is 1. The van der Waals surface area contributed by atoms with Gasteiger partial charge in [0.05, 0.1) is 30.9 Å². The molecule has 1 aromatic heterocycles. The number of fused-ring (bicyclic) bond motifs is 1. The van der Waals surface area contributed by atoms with Crippen molar-refractivity contribution < 1.29 is 14.7 Å². The van der Waals surface area contributed by atoms with Crippen molar-refractivity contribution in [2.24, 2.45) is 0 Å². The minimum atomic E-state index is -0.914. The van der Waals surface area contributed by atoms with Gasteiger partial charge in [0, 0.05) is 32.8 Å². The van der Waals surface area contributed by atoms with Crippen molar-refractivity contribution in [3.8, 4) is 0 Å². The Balaban J connectivity index is 1.96. The van der Waals surface area contributed by atoms with E-state index in [9.17, 15) is 14.7 Å². The molecule has 24 heavy (non-hydrogen) atoms. The van der Waals surface area contributed by atoms with Crippen LogP contribution >= 0.6 is 11.8 Å². The number of carbonyl (C=O) groups is 2. The van der Waals surface area contributed by atoms with E-state index in [1.807, 2.05) is 9.58 Å². The van der Waals surface area contributed by atoms with Crippen LogP contribution < -0.4 is 0 Å². The number of aromatic nitrogens is 2. The van der Waals surface area contributed by atoms with Crippen LogP contribution in [0.25, 0.3) is 0 Å². The number of nitrogens with zero attached hydrogens (tertiary/aromatic N) is 4. The van der Waals surface area contributed by atoms with Crippen LogP contribution in [0.2, 0.25) is 0 Å². The van der Waals surface area contributed by atoms with Gasteiger partial charge in [0.15, 0.2) is 0 Å². The van der Waals surface area contributed by atoms with Crippen molar-refractivity contribution in [2.75, 3.05) is 32.1 Å². The second-order valence-electron chi connectivity index (χ2n) is 6.05. The summed E-state index contributed by atoms with van der Waals surface area (Å²) in [4.78, 5) is 27.2. The molecule has 2 heterocycles. The standard InChI is InChI=1S/C16H26N4O3S/c1-4-24-8-5-15(22)19-6-7-20-12(11-19)9-13(17-20)14(21)10-16(23)18(2)3/h9,14,21H,4-8,10-11H2,1-3H3/t14-/m0/s1. The molecule has 0 spiro atoms. The van der Waals surface area contributed by atoms with E-state index in [1.54, 1.807) is 31.9 Å². The van der Waals surface area contributed by atoms with E-state index in [4.69, 9.17) is 0 Å². The Morgan fingerprint density at radius 2 is 2.17 bits per heavy atom. The zero-order valence-electron chi connectivity index (χ0n) is 14.6. The van der Waals surface area contributed by atoms with Gasteiger partial charge in [-0.1, -0.05) is 6.92 Å². The van der Waals surface area contributed by atoms with Crippen LogP contribution in [0.15, 0.2) is 6.07 Å². The van der Waals surface area contributed by atoms with Crippen LogP contribution in [-0.4, -0.2) is 68.6 Å². The molecule has 2 amide bonds. The van der Waals surface area contributed by atoms with E-state index < -0.39 is 6.10 Å². The van der Waals surface area contributed by atoms with E-state index >= 15 is 0 Å². The molecule has 0 aliphatic carbocycles. The maximum absolute atomic E-state index is 12.2. The molecule has 0 bridgehead atoms. The van der Waals surface area contributed by atoms with Crippen LogP contribution in [0.1, 0.15) is 37.3 Å². The van der Waals surface area contributed by atoms with Crippen LogP contribution in [-0.2, 0) is 22.7 Å². The second-order valence-corrected chi connectivity index (χ2v) is 7.45. The number of hydrogen-bond acceptors (Lipinski definition) is 5. The van der Waals surface area contributed by atoms with Crippen molar-refractivity contribution in [1.82, 2.24) is 19.6 Å². The van der Waals surface area contributed by atoms with Gasteiger partial charge < -0.3 is 14.9 Å². The highest BCUT2D eigenvalue weighted by Gasteiger charge is 2.24. The molecule has 0 saturated heterocycles. The lowest BCUT2D eigenvalue weighted by molar-refractivity contribution is -0.132. The molecule has 0 radical (unpaired) electrons. The Bertz CT molecular complexity index is 588. The molecule has 0 unspecified atom stereocenters. The third-order valence-corrected chi connectivity index (χ3v) is 4.94. The molecule has 7 nitrogen and oxygen atoms in total. The van der Waals surface area contributed by atoms with Gasteiger partial charge in [-0.15, -0.1) is 0 Å². The molecule has 1 atom stereocenters. The molecule has 1 aromatic rings. The zero-order valence-corrected chi connectivity index (χ0v) is 15.4. The smallest absolute Gasteiger partial charge is 0.225 e. The predicted molar refractivity (Wildman–Crippen MR) is 93.5 cm³/mol. The van der Waals surface area contributed by atoms with Gasteiger partial charge in [-0.05, 0) is 11.8 Å². The molecule has 2 rings (SSSR count). The Kier molecular flexibility index (Phi) is 6.68. The van der Waals surface area contributed by atoms with Crippen molar-refractivity contribution >= 4 is 23.6 Å². The maximum Gasteiger partial charge on any atom is 0.225 e. The average molecular weight is 354 g/mol. The molecule has 0 saturated carbocycles. The molecule has 0 fully saturated rings. The largest absolute Gasteiger partial charge is 0.386 e. The highest BCUT2D eigenvalue weighted by molar-refractivity contribution is 7.99. The minimum absolute atomic E-state index is 0.0142. The fourth-order valence-electron chi connectivity index (χ4n) is 2.58. The lowest BCUT2D eigenvalue weighted by Gasteiger charge is -2.27. The molecule has 134 valence electrons. The van der Waals surface area contributed by atoms with Gasteiger partial charge in [-0.2, -0.15) is 16.9 Å². The molecule has 1 N–H and O–H groups in total. The first kappa shape index (κ1) is 18.8. The summed E-state index contributed by atoms with van der Waals surface area (Å²) in [5.41, 5.74) is 1.40. The Hall–Kier alpha value is -1.54. The number of amides is 2. The molecule has 1 aliphatic rings. The third-order valence-electron chi connectivity index (χ3n) is 4.04. The normalized spacial score (nSPS) is 15.1. The van der Waals surface area contributed by atoms with E-state index in [2.05, 4.69) is 12.0 Å². The lowest BCUT2D eigenvalue weighted by atomic mass is 10.1. The van der Waals surface area contributed by atoms with E-state index in [0.717, 1.165) is 17.2 Å². The summed E-state index contributed by atoms with van der Waals surface area (Å²) in [7, 11) is 3.32. The summed E-state index contributed by atoms with van der Waals surface area (Å²) in [6.45, 7) is 3.85. The SMILES string of the molecule is CCSCCC(=O)N1CCn2nc([C@@H](O)CC(=O)N(C)C)cc2C1. The minimum Gasteiger partial charge on any atom is -0.386 e. The summed E-state index contributed by atoms with van der Waals surface area (Å²) in [6, 6.07) is 1.80. The van der Waals surface area contributed by atoms with Crippen molar-refractivity contribution in [1.29, 1.82) is 0 Å². The lowest BCUT2D eigenvalue weighted by Crippen LogP contribution is -2.38.